The molecule has 2 aromatic rings. The van der Waals surface area contributed by atoms with E-state index < -0.39 is 6.43 Å². The van der Waals surface area contributed by atoms with Gasteiger partial charge in [0.2, 0.25) is 0 Å². The molecule has 0 aliphatic carbocycles. The Hall–Kier alpha value is -1.47. The molecule has 0 aromatic carbocycles. The highest BCUT2D eigenvalue weighted by Crippen LogP contribution is 2.03. The molecule has 2 aromatic heterocycles. The van der Waals surface area contributed by atoms with E-state index in [0.29, 0.717) is 13.1 Å². The van der Waals surface area contributed by atoms with Crippen LogP contribution in [0.1, 0.15) is 17.1 Å². The highest BCUT2D eigenvalue weighted by molar-refractivity contribution is 5.85. The van der Waals surface area contributed by atoms with Crippen molar-refractivity contribution in [1.82, 2.24) is 24.9 Å². The number of halogens is 3. The molecule has 0 radical (unpaired) electrons. The molecule has 0 spiro atoms. The number of aromatic nitrogens is 4. The summed E-state index contributed by atoms with van der Waals surface area (Å²) in [5, 5.41) is 11.5. The summed E-state index contributed by atoms with van der Waals surface area (Å²) in [6.07, 6.45) is -0.810. The van der Waals surface area contributed by atoms with Crippen molar-refractivity contribution in [2.24, 2.45) is 7.05 Å². The van der Waals surface area contributed by atoms with Crippen LogP contribution in [0.15, 0.2) is 18.3 Å². The van der Waals surface area contributed by atoms with Gasteiger partial charge in [0.05, 0.1) is 17.1 Å². The fourth-order valence-corrected chi connectivity index (χ4v) is 1.89. The normalized spacial score (nSPS) is 10.8. The maximum Gasteiger partial charge on any atom is 0.257 e. The number of hydrogen-bond acceptors (Lipinski definition) is 3. The lowest BCUT2D eigenvalue weighted by Gasteiger charge is -2.03. The molecule has 0 bridgehead atoms. The second kappa shape index (κ2) is 7.35. The summed E-state index contributed by atoms with van der Waals surface area (Å²) in [7, 11) is 1.89. The van der Waals surface area contributed by atoms with Crippen LogP contribution in [-0.4, -0.2) is 26.0 Å². The van der Waals surface area contributed by atoms with Gasteiger partial charge in [0, 0.05) is 26.3 Å². The highest BCUT2D eigenvalue weighted by Gasteiger charge is 2.06. The van der Waals surface area contributed by atoms with E-state index in [9.17, 15) is 8.78 Å². The summed E-state index contributed by atoms with van der Waals surface area (Å²) < 4.78 is 27.4. The SMILES string of the molecule is Cc1cc(CNCc2ccn(CC(F)F)n2)n(C)n1.Cl. The van der Waals surface area contributed by atoms with Crippen molar-refractivity contribution in [1.29, 1.82) is 0 Å². The van der Waals surface area contributed by atoms with E-state index in [4.69, 9.17) is 0 Å². The van der Waals surface area contributed by atoms with E-state index in [1.54, 1.807) is 12.3 Å². The Morgan fingerprint density at radius 3 is 2.65 bits per heavy atom. The van der Waals surface area contributed by atoms with Crippen molar-refractivity contribution in [3.63, 3.8) is 0 Å². The third-order valence-corrected chi connectivity index (χ3v) is 2.73. The average molecular weight is 306 g/mol. The lowest BCUT2D eigenvalue weighted by molar-refractivity contribution is 0.121. The minimum absolute atomic E-state index is 0. The van der Waals surface area contributed by atoms with Crippen LogP contribution in [0.3, 0.4) is 0 Å². The van der Waals surface area contributed by atoms with Gasteiger partial charge in [-0.1, -0.05) is 0 Å². The van der Waals surface area contributed by atoms with Crippen molar-refractivity contribution in [2.45, 2.75) is 33.0 Å². The van der Waals surface area contributed by atoms with Gasteiger partial charge in [0.15, 0.2) is 0 Å². The number of nitrogens with one attached hydrogen (secondary N) is 1. The van der Waals surface area contributed by atoms with Gasteiger partial charge in [-0.2, -0.15) is 10.2 Å². The molecule has 2 rings (SSSR count). The second-order valence-electron chi connectivity index (χ2n) is 4.42. The van der Waals surface area contributed by atoms with Gasteiger partial charge in [-0.3, -0.25) is 9.36 Å². The first-order valence-electron chi connectivity index (χ1n) is 6.05. The molecule has 0 fully saturated rings. The van der Waals surface area contributed by atoms with E-state index in [0.717, 1.165) is 17.1 Å². The van der Waals surface area contributed by atoms with E-state index in [-0.39, 0.29) is 19.0 Å². The molecule has 0 saturated carbocycles. The molecular formula is C12H18ClF2N5. The maximum absolute atomic E-state index is 12.2. The fraction of sp³-hybridized carbons (Fsp3) is 0.500. The molecule has 0 unspecified atom stereocenters. The zero-order valence-electron chi connectivity index (χ0n) is 11.4. The second-order valence-corrected chi connectivity index (χ2v) is 4.42. The summed E-state index contributed by atoms with van der Waals surface area (Å²) in [6.45, 7) is 2.79. The summed E-state index contributed by atoms with van der Waals surface area (Å²) in [5.41, 5.74) is 2.80. The first-order valence-corrected chi connectivity index (χ1v) is 6.05. The molecule has 5 nitrogen and oxygen atoms in total. The molecule has 112 valence electrons. The Bertz CT molecular complexity index is 538. The highest BCUT2D eigenvalue weighted by atomic mass is 35.5. The molecule has 1 N–H and O–H groups in total. The monoisotopic (exact) mass is 305 g/mol. The quantitative estimate of drug-likeness (QED) is 0.887. The van der Waals surface area contributed by atoms with E-state index in [2.05, 4.69) is 15.5 Å². The van der Waals surface area contributed by atoms with Crippen molar-refractivity contribution in [2.75, 3.05) is 0 Å². The summed E-state index contributed by atoms with van der Waals surface area (Å²) in [4.78, 5) is 0. The van der Waals surface area contributed by atoms with E-state index >= 15 is 0 Å². The summed E-state index contributed by atoms with van der Waals surface area (Å²) >= 11 is 0. The molecule has 0 aliphatic heterocycles. The topological polar surface area (TPSA) is 47.7 Å². The van der Waals surface area contributed by atoms with Gasteiger partial charge in [-0.15, -0.1) is 12.4 Å². The Balaban J connectivity index is 0.00000200. The first-order chi connectivity index (χ1) is 9.04. The number of rotatable bonds is 6. The standard InChI is InChI=1S/C12H17F2N5.ClH/c1-9-5-11(18(2)16-9)7-15-6-10-3-4-19(17-10)8-12(13)14;/h3-5,12,15H,6-8H2,1-2H3;1H. The molecular weight excluding hydrogens is 288 g/mol. The molecule has 8 heteroatoms. The van der Waals surface area contributed by atoms with Gasteiger partial charge in [-0.25, -0.2) is 8.78 Å². The Kier molecular flexibility index (Phi) is 6.09. The van der Waals surface area contributed by atoms with Gasteiger partial charge in [-0.05, 0) is 19.1 Å². The predicted molar refractivity (Wildman–Crippen MR) is 74.0 cm³/mol. The minimum Gasteiger partial charge on any atom is -0.305 e. The minimum atomic E-state index is -2.38. The molecule has 0 amide bonds. The van der Waals surface area contributed by atoms with Crippen LogP contribution in [-0.2, 0) is 26.7 Å². The molecule has 0 atom stereocenters. The van der Waals surface area contributed by atoms with Crippen molar-refractivity contribution in [3.8, 4) is 0 Å². The van der Waals surface area contributed by atoms with Gasteiger partial charge in [0.1, 0.15) is 6.54 Å². The third-order valence-electron chi connectivity index (χ3n) is 2.73. The zero-order valence-corrected chi connectivity index (χ0v) is 12.2. The van der Waals surface area contributed by atoms with Crippen LogP contribution in [0.2, 0.25) is 0 Å². The molecule has 0 aliphatic rings. The Morgan fingerprint density at radius 1 is 1.30 bits per heavy atom. The van der Waals surface area contributed by atoms with Crippen LogP contribution in [0.5, 0.6) is 0 Å². The van der Waals surface area contributed by atoms with Crippen molar-refractivity contribution < 1.29 is 8.78 Å². The largest absolute Gasteiger partial charge is 0.305 e. The molecule has 2 heterocycles. The Labute approximate surface area is 122 Å². The molecule has 0 saturated heterocycles. The van der Waals surface area contributed by atoms with Gasteiger partial charge < -0.3 is 5.32 Å². The smallest absolute Gasteiger partial charge is 0.257 e. The van der Waals surface area contributed by atoms with Crippen LogP contribution >= 0.6 is 12.4 Å². The van der Waals surface area contributed by atoms with Crippen LogP contribution < -0.4 is 5.32 Å². The number of hydrogen-bond donors (Lipinski definition) is 1. The van der Waals surface area contributed by atoms with Gasteiger partial charge >= 0.3 is 0 Å². The van der Waals surface area contributed by atoms with E-state index in [1.807, 2.05) is 24.7 Å². The van der Waals surface area contributed by atoms with Crippen molar-refractivity contribution in [3.05, 3.63) is 35.4 Å². The lowest BCUT2D eigenvalue weighted by Crippen LogP contribution is -2.16. The van der Waals surface area contributed by atoms with Crippen LogP contribution in [0.25, 0.3) is 0 Å². The van der Waals surface area contributed by atoms with Crippen molar-refractivity contribution >= 4 is 12.4 Å². The third kappa shape index (κ3) is 4.57. The van der Waals surface area contributed by atoms with Crippen LogP contribution in [0, 0.1) is 6.92 Å². The fourth-order valence-electron chi connectivity index (χ4n) is 1.89. The summed E-state index contributed by atoms with van der Waals surface area (Å²) in [6, 6.07) is 3.74. The van der Waals surface area contributed by atoms with E-state index in [1.165, 1.54) is 4.68 Å². The van der Waals surface area contributed by atoms with Gasteiger partial charge in [0.25, 0.3) is 6.43 Å². The predicted octanol–water partition coefficient (Wildman–Crippen LogP) is 1.90. The number of alkyl halides is 2. The first kappa shape index (κ1) is 16.6. The summed E-state index contributed by atoms with van der Waals surface area (Å²) in [5.74, 6) is 0. The zero-order chi connectivity index (χ0) is 13.8. The van der Waals surface area contributed by atoms with Crippen LogP contribution in [0.4, 0.5) is 8.78 Å². The molecule has 20 heavy (non-hydrogen) atoms. The maximum atomic E-state index is 12.2. The lowest BCUT2D eigenvalue weighted by atomic mass is 10.3. The number of nitrogens with zero attached hydrogens (tertiary/aromatic N) is 4. The Morgan fingerprint density at radius 2 is 2.05 bits per heavy atom. The number of aryl methyl sites for hydroxylation is 2. The average Bonchev–Trinajstić information content (AvgIpc) is 2.86.